The molecule has 0 saturated carbocycles. The van der Waals surface area contributed by atoms with Crippen molar-refractivity contribution in [3.8, 4) is 0 Å². The van der Waals surface area contributed by atoms with E-state index in [-0.39, 0.29) is 5.25 Å². The first kappa shape index (κ1) is 16.1. The standard InChI is InChI=1S/C15H20N4S2/c1-9(2)11-5-12(8-17-7-11)10(3)21-15-18-13(16)6-14(19-15)20-4/h5-10H,1-4H3,(H2,16,18,19). The van der Waals surface area contributed by atoms with Gasteiger partial charge in [-0.3, -0.25) is 4.98 Å². The monoisotopic (exact) mass is 320 g/mol. The molecule has 2 heterocycles. The van der Waals surface area contributed by atoms with Crippen molar-refractivity contribution in [3.05, 3.63) is 35.7 Å². The maximum atomic E-state index is 5.82. The third-order valence-electron chi connectivity index (χ3n) is 3.11. The molecule has 112 valence electrons. The van der Waals surface area contributed by atoms with Crippen LogP contribution in [0, 0.1) is 0 Å². The van der Waals surface area contributed by atoms with Crippen molar-refractivity contribution in [2.45, 2.75) is 42.1 Å². The number of rotatable bonds is 5. The van der Waals surface area contributed by atoms with Crippen LogP contribution in [0.3, 0.4) is 0 Å². The van der Waals surface area contributed by atoms with E-state index in [1.54, 1.807) is 29.6 Å². The highest BCUT2D eigenvalue weighted by molar-refractivity contribution is 7.99. The molecule has 2 rings (SSSR count). The van der Waals surface area contributed by atoms with Crippen LogP contribution in [0.1, 0.15) is 43.1 Å². The largest absolute Gasteiger partial charge is 0.384 e. The highest BCUT2D eigenvalue weighted by Gasteiger charge is 2.13. The van der Waals surface area contributed by atoms with Gasteiger partial charge < -0.3 is 5.73 Å². The Morgan fingerprint density at radius 1 is 1.05 bits per heavy atom. The zero-order chi connectivity index (χ0) is 15.4. The molecule has 2 N–H and O–H groups in total. The van der Waals surface area contributed by atoms with Crippen molar-refractivity contribution in [1.29, 1.82) is 0 Å². The summed E-state index contributed by atoms with van der Waals surface area (Å²) >= 11 is 3.17. The molecule has 0 fully saturated rings. The van der Waals surface area contributed by atoms with Gasteiger partial charge in [-0.15, -0.1) is 11.8 Å². The van der Waals surface area contributed by atoms with Gasteiger partial charge in [0, 0.05) is 23.7 Å². The van der Waals surface area contributed by atoms with Crippen molar-refractivity contribution in [2.75, 3.05) is 12.0 Å². The molecule has 6 heteroatoms. The van der Waals surface area contributed by atoms with Crippen LogP contribution in [0.25, 0.3) is 0 Å². The first-order valence-electron chi connectivity index (χ1n) is 6.79. The lowest BCUT2D eigenvalue weighted by Crippen LogP contribution is -1.99. The van der Waals surface area contributed by atoms with Crippen molar-refractivity contribution in [2.24, 2.45) is 0 Å². The molecule has 0 radical (unpaired) electrons. The van der Waals surface area contributed by atoms with E-state index in [2.05, 4.69) is 41.8 Å². The first-order chi connectivity index (χ1) is 9.99. The summed E-state index contributed by atoms with van der Waals surface area (Å²) in [4.78, 5) is 13.1. The van der Waals surface area contributed by atoms with Crippen LogP contribution in [-0.2, 0) is 0 Å². The maximum Gasteiger partial charge on any atom is 0.191 e. The molecule has 1 unspecified atom stereocenters. The molecule has 0 aliphatic carbocycles. The summed E-state index contributed by atoms with van der Waals surface area (Å²) < 4.78 is 0. The average molecular weight is 320 g/mol. The minimum absolute atomic E-state index is 0.229. The molecule has 0 aliphatic heterocycles. The van der Waals surface area contributed by atoms with Gasteiger partial charge >= 0.3 is 0 Å². The highest BCUT2D eigenvalue weighted by Crippen LogP contribution is 2.34. The second-order valence-corrected chi connectivity index (χ2v) is 7.22. The fraction of sp³-hybridized carbons (Fsp3) is 0.400. The summed E-state index contributed by atoms with van der Waals surface area (Å²) in [5, 5.41) is 1.83. The number of thioether (sulfide) groups is 2. The summed E-state index contributed by atoms with van der Waals surface area (Å²) in [6.45, 7) is 6.48. The molecule has 1 atom stereocenters. The average Bonchev–Trinajstić information content (AvgIpc) is 2.46. The molecule has 0 spiro atoms. The predicted molar refractivity (Wildman–Crippen MR) is 90.8 cm³/mol. The van der Waals surface area contributed by atoms with E-state index in [0.717, 1.165) is 5.03 Å². The number of pyridine rings is 1. The summed E-state index contributed by atoms with van der Waals surface area (Å²) in [6.07, 6.45) is 5.81. The van der Waals surface area contributed by atoms with Gasteiger partial charge in [0.15, 0.2) is 5.16 Å². The second kappa shape index (κ2) is 7.13. The highest BCUT2D eigenvalue weighted by atomic mass is 32.2. The zero-order valence-corrected chi connectivity index (χ0v) is 14.3. The predicted octanol–water partition coefficient (Wildman–Crippen LogP) is 4.15. The number of hydrogen-bond acceptors (Lipinski definition) is 6. The van der Waals surface area contributed by atoms with E-state index in [1.807, 2.05) is 18.6 Å². The third-order valence-corrected chi connectivity index (χ3v) is 4.76. The van der Waals surface area contributed by atoms with Gasteiger partial charge in [-0.2, -0.15) is 0 Å². The summed E-state index contributed by atoms with van der Waals surface area (Å²) in [5.41, 5.74) is 8.25. The maximum absolute atomic E-state index is 5.82. The minimum Gasteiger partial charge on any atom is -0.384 e. The lowest BCUT2D eigenvalue weighted by molar-refractivity contribution is 0.849. The van der Waals surface area contributed by atoms with Crippen molar-refractivity contribution < 1.29 is 0 Å². The van der Waals surface area contributed by atoms with Crippen LogP contribution in [0.15, 0.2) is 34.7 Å². The van der Waals surface area contributed by atoms with Crippen LogP contribution in [-0.4, -0.2) is 21.2 Å². The van der Waals surface area contributed by atoms with Crippen LogP contribution >= 0.6 is 23.5 Å². The van der Waals surface area contributed by atoms with Gasteiger partial charge in [0.05, 0.1) is 0 Å². The normalized spacial score (nSPS) is 12.6. The Labute approximate surface area is 134 Å². The van der Waals surface area contributed by atoms with E-state index in [4.69, 9.17) is 5.73 Å². The van der Waals surface area contributed by atoms with E-state index in [0.29, 0.717) is 16.9 Å². The minimum atomic E-state index is 0.229. The van der Waals surface area contributed by atoms with Crippen LogP contribution in [0.5, 0.6) is 0 Å². The topological polar surface area (TPSA) is 64.7 Å². The lowest BCUT2D eigenvalue weighted by atomic mass is 10.0. The SMILES string of the molecule is CSc1cc(N)nc(SC(C)c2cncc(C(C)C)c2)n1. The van der Waals surface area contributed by atoms with Crippen molar-refractivity contribution in [1.82, 2.24) is 15.0 Å². The zero-order valence-electron chi connectivity index (χ0n) is 12.7. The van der Waals surface area contributed by atoms with Gasteiger partial charge in [0.1, 0.15) is 10.8 Å². The van der Waals surface area contributed by atoms with Gasteiger partial charge in [-0.1, -0.05) is 31.7 Å². The number of aromatic nitrogens is 3. The molecule has 0 aliphatic rings. The quantitative estimate of drug-likeness (QED) is 0.507. The van der Waals surface area contributed by atoms with Gasteiger partial charge in [0.25, 0.3) is 0 Å². The van der Waals surface area contributed by atoms with E-state index in [9.17, 15) is 0 Å². The van der Waals surface area contributed by atoms with Crippen LogP contribution in [0.2, 0.25) is 0 Å². The molecule has 0 bridgehead atoms. The third kappa shape index (κ3) is 4.35. The Kier molecular flexibility index (Phi) is 5.47. The number of nitrogen functional groups attached to an aromatic ring is 1. The molecule has 2 aromatic heterocycles. The molecule has 0 amide bonds. The Bertz CT molecular complexity index is 616. The summed E-state index contributed by atoms with van der Waals surface area (Å²) in [5.74, 6) is 0.986. The first-order valence-corrected chi connectivity index (χ1v) is 8.90. The Balaban J connectivity index is 2.19. The number of nitrogens with zero attached hydrogens (tertiary/aromatic N) is 3. The Morgan fingerprint density at radius 2 is 1.76 bits per heavy atom. The van der Waals surface area contributed by atoms with E-state index in [1.165, 1.54) is 11.1 Å². The number of nitrogens with two attached hydrogens (primary N) is 1. The fourth-order valence-corrected chi connectivity index (χ4v) is 3.18. The van der Waals surface area contributed by atoms with Crippen LogP contribution in [0.4, 0.5) is 5.82 Å². The van der Waals surface area contributed by atoms with Crippen LogP contribution < -0.4 is 5.73 Å². The van der Waals surface area contributed by atoms with Gasteiger partial charge in [0.2, 0.25) is 0 Å². The molecular weight excluding hydrogens is 300 g/mol. The van der Waals surface area contributed by atoms with Gasteiger partial charge in [-0.05, 0) is 30.2 Å². The smallest absolute Gasteiger partial charge is 0.191 e. The van der Waals surface area contributed by atoms with Gasteiger partial charge in [-0.25, -0.2) is 9.97 Å². The Hall–Kier alpha value is -1.27. The molecule has 2 aromatic rings. The van der Waals surface area contributed by atoms with E-state index < -0.39 is 0 Å². The summed E-state index contributed by atoms with van der Waals surface area (Å²) in [7, 11) is 0. The van der Waals surface area contributed by atoms with Crippen molar-refractivity contribution in [3.63, 3.8) is 0 Å². The van der Waals surface area contributed by atoms with Crippen molar-refractivity contribution >= 4 is 29.3 Å². The summed E-state index contributed by atoms with van der Waals surface area (Å²) in [6, 6.07) is 4.00. The number of hydrogen-bond donors (Lipinski definition) is 1. The second-order valence-electron chi connectivity index (χ2n) is 5.08. The molecule has 21 heavy (non-hydrogen) atoms. The lowest BCUT2D eigenvalue weighted by Gasteiger charge is -2.13. The molecule has 0 saturated heterocycles. The number of anilines is 1. The fourth-order valence-electron chi connectivity index (χ4n) is 1.82. The molecule has 4 nitrogen and oxygen atoms in total. The molecule has 0 aromatic carbocycles. The van der Waals surface area contributed by atoms with E-state index >= 15 is 0 Å². The Morgan fingerprint density at radius 3 is 2.43 bits per heavy atom. The molecular formula is C15H20N4S2.